The van der Waals surface area contributed by atoms with Gasteiger partial charge in [0.05, 0.1) is 23.4 Å². The minimum Gasteiger partial charge on any atom is -0.391 e. The molecule has 5 rings (SSSR count). The predicted octanol–water partition coefficient (Wildman–Crippen LogP) is 3.31. The Kier molecular flexibility index (Phi) is 5.61. The Labute approximate surface area is 196 Å². The van der Waals surface area contributed by atoms with Gasteiger partial charge in [-0.2, -0.15) is 0 Å². The van der Waals surface area contributed by atoms with Crippen LogP contribution in [0.3, 0.4) is 0 Å². The molecule has 1 saturated heterocycles. The van der Waals surface area contributed by atoms with Gasteiger partial charge >= 0.3 is 0 Å². The Morgan fingerprint density at radius 2 is 1.97 bits per heavy atom. The molecule has 2 aromatic rings. The number of benzene rings is 2. The summed E-state index contributed by atoms with van der Waals surface area (Å²) in [4.78, 5) is 14.6. The number of nitrogens with one attached hydrogen (secondary N) is 2. The van der Waals surface area contributed by atoms with Gasteiger partial charge in [0, 0.05) is 19.0 Å². The van der Waals surface area contributed by atoms with Crippen molar-refractivity contribution >= 4 is 17.3 Å². The molecule has 2 aliphatic heterocycles. The van der Waals surface area contributed by atoms with Crippen molar-refractivity contribution in [3.8, 4) is 0 Å². The fourth-order valence-corrected chi connectivity index (χ4v) is 6.51. The van der Waals surface area contributed by atoms with Crippen molar-refractivity contribution in [2.24, 2.45) is 23.5 Å². The maximum atomic E-state index is 12.3. The summed E-state index contributed by atoms with van der Waals surface area (Å²) < 4.78 is 0. The monoisotopic (exact) mass is 448 g/mol. The molecule has 5 N–H and O–H groups in total. The van der Waals surface area contributed by atoms with E-state index in [-0.39, 0.29) is 29.3 Å². The Morgan fingerprint density at radius 3 is 2.70 bits per heavy atom. The lowest BCUT2D eigenvalue weighted by Crippen LogP contribution is -2.61. The Balaban J connectivity index is 1.30. The van der Waals surface area contributed by atoms with Crippen molar-refractivity contribution in [3.05, 3.63) is 59.2 Å². The summed E-state index contributed by atoms with van der Waals surface area (Å²) in [6.07, 6.45) is 1.29. The highest BCUT2D eigenvalue weighted by molar-refractivity contribution is 5.84. The van der Waals surface area contributed by atoms with Gasteiger partial charge in [0.2, 0.25) is 5.91 Å². The van der Waals surface area contributed by atoms with E-state index in [0.717, 1.165) is 42.9 Å². The topological polar surface area (TPSA) is 90.6 Å². The molecule has 0 radical (unpaired) electrons. The number of hydrogen-bond donors (Lipinski definition) is 4. The lowest BCUT2D eigenvalue weighted by Gasteiger charge is -2.48. The second-order valence-corrected chi connectivity index (χ2v) is 10.6. The fourth-order valence-electron chi connectivity index (χ4n) is 6.51. The van der Waals surface area contributed by atoms with E-state index < -0.39 is 6.10 Å². The first-order valence-electron chi connectivity index (χ1n) is 12.2. The minimum atomic E-state index is -0.465. The number of aryl methyl sites for hydroxylation is 1. The van der Waals surface area contributed by atoms with Gasteiger partial charge in [-0.3, -0.25) is 4.79 Å². The van der Waals surface area contributed by atoms with Crippen LogP contribution in [0.15, 0.2) is 42.5 Å². The zero-order valence-electron chi connectivity index (χ0n) is 19.8. The number of rotatable bonds is 5. The molecule has 0 spiro atoms. The van der Waals surface area contributed by atoms with E-state index >= 15 is 0 Å². The molecule has 0 saturated carbocycles. The largest absolute Gasteiger partial charge is 0.391 e. The van der Waals surface area contributed by atoms with Gasteiger partial charge in [0.15, 0.2) is 0 Å². The van der Waals surface area contributed by atoms with E-state index in [1.165, 1.54) is 11.1 Å². The van der Waals surface area contributed by atoms with Crippen molar-refractivity contribution < 1.29 is 9.90 Å². The number of fused-ring (bicyclic) bond motifs is 2. The third-order valence-electron chi connectivity index (χ3n) is 8.16. The normalized spacial score (nSPS) is 31.1. The van der Waals surface area contributed by atoms with Crippen LogP contribution in [0.2, 0.25) is 0 Å². The molecule has 5 atom stereocenters. The first-order chi connectivity index (χ1) is 15.8. The van der Waals surface area contributed by atoms with Crippen LogP contribution in [-0.2, 0) is 11.2 Å². The van der Waals surface area contributed by atoms with E-state index in [1.54, 1.807) is 0 Å². The van der Waals surface area contributed by atoms with E-state index in [4.69, 9.17) is 5.73 Å². The van der Waals surface area contributed by atoms with Crippen LogP contribution in [-0.4, -0.2) is 47.3 Å². The maximum Gasteiger partial charge on any atom is 0.225 e. The standard InChI is InChI=1S/C27H36N4O2/c1-16(2)27(29-22-9-8-17(3)12-23(22)30-27)21-10-11-31(15-24(21)32)14-19-13-18-6-4-5-7-20(18)25(19)26(28)33/h4-9,12,16,19,21,24-25,29-30,32H,10-11,13-15H2,1-3H3,(H2,28,33)/t19?,21-,24-,25?,27?/m0/s1. The average molecular weight is 449 g/mol. The Hall–Kier alpha value is -2.57. The molecular formula is C27H36N4O2. The number of anilines is 2. The molecule has 3 aliphatic rings. The molecule has 2 heterocycles. The maximum absolute atomic E-state index is 12.3. The first-order valence-corrected chi connectivity index (χ1v) is 12.2. The number of nitrogens with two attached hydrogens (primary N) is 1. The summed E-state index contributed by atoms with van der Waals surface area (Å²) in [5, 5.41) is 18.9. The zero-order valence-corrected chi connectivity index (χ0v) is 19.8. The van der Waals surface area contributed by atoms with Crippen LogP contribution in [0.4, 0.5) is 11.4 Å². The van der Waals surface area contributed by atoms with Gasteiger partial charge in [-0.25, -0.2) is 0 Å². The first kappa shape index (κ1) is 22.2. The van der Waals surface area contributed by atoms with E-state index in [2.05, 4.69) is 60.6 Å². The molecule has 0 aromatic heterocycles. The number of hydrogen-bond acceptors (Lipinski definition) is 5. The molecule has 1 fully saturated rings. The van der Waals surface area contributed by atoms with Gasteiger partial charge in [0.25, 0.3) is 0 Å². The smallest absolute Gasteiger partial charge is 0.225 e. The summed E-state index contributed by atoms with van der Waals surface area (Å²) >= 11 is 0. The van der Waals surface area contributed by atoms with Crippen molar-refractivity contribution in [1.82, 2.24) is 4.90 Å². The van der Waals surface area contributed by atoms with Crippen molar-refractivity contribution in [2.45, 2.75) is 51.3 Å². The van der Waals surface area contributed by atoms with Gasteiger partial charge in [0.1, 0.15) is 5.66 Å². The molecule has 2 aromatic carbocycles. The molecule has 6 nitrogen and oxygen atoms in total. The Bertz CT molecular complexity index is 1050. The number of carbonyl (C=O) groups is 1. The highest BCUT2D eigenvalue weighted by atomic mass is 16.3. The highest BCUT2D eigenvalue weighted by Gasteiger charge is 2.50. The second kappa shape index (κ2) is 8.33. The number of carbonyl (C=O) groups excluding carboxylic acids is 1. The van der Waals surface area contributed by atoms with Crippen LogP contribution in [0.1, 0.15) is 42.9 Å². The molecule has 6 heteroatoms. The molecule has 1 aliphatic carbocycles. The summed E-state index contributed by atoms with van der Waals surface area (Å²) in [7, 11) is 0. The molecule has 0 bridgehead atoms. The lowest BCUT2D eigenvalue weighted by molar-refractivity contribution is -0.120. The second-order valence-electron chi connectivity index (χ2n) is 10.6. The number of likely N-dealkylation sites (tertiary alicyclic amines) is 1. The minimum absolute atomic E-state index is 0.0779. The van der Waals surface area contributed by atoms with Gasteiger partial charge in [-0.05, 0) is 67.0 Å². The van der Waals surface area contributed by atoms with E-state index in [9.17, 15) is 9.90 Å². The summed E-state index contributed by atoms with van der Waals surface area (Å²) in [6.45, 7) is 8.81. The molecule has 1 amide bonds. The Morgan fingerprint density at radius 1 is 1.21 bits per heavy atom. The number of β-amino-alcohol motifs (C(OH)–C–C–N with tert-alkyl or cyclic N) is 1. The van der Waals surface area contributed by atoms with Crippen molar-refractivity contribution in [1.29, 1.82) is 0 Å². The summed E-state index contributed by atoms with van der Waals surface area (Å²) in [5.74, 6) is 0.0485. The molecule has 176 valence electrons. The van der Waals surface area contributed by atoms with Crippen LogP contribution in [0, 0.1) is 24.7 Å². The lowest BCUT2D eigenvalue weighted by atomic mass is 9.76. The summed E-state index contributed by atoms with van der Waals surface area (Å²) in [6, 6.07) is 14.6. The van der Waals surface area contributed by atoms with E-state index in [1.807, 2.05) is 18.2 Å². The van der Waals surface area contributed by atoms with Crippen LogP contribution >= 0.6 is 0 Å². The van der Waals surface area contributed by atoms with Gasteiger partial charge in [-0.1, -0.05) is 44.2 Å². The molecule has 3 unspecified atom stereocenters. The number of aliphatic hydroxyl groups is 1. The number of amides is 1. The fraction of sp³-hybridized carbons (Fsp3) is 0.519. The zero-order chi connectivity index (χ0) is 23.3. The summed E-state index contributed by atoms with van der Waals surface area (Å²) in [5.41, 5.74) is 11.2. The quantitative estimate of drug-likeness (QED) is 0.563. The van der Waals surface area contributed by atoms with Crippen LogP contribution in [0.25, 0.3) is 0 Å². The number of primary amides is 1. The number of piperidine rings is 1. The highest BCUT2D eigenvalue weighted by Crippen LogP contribution is 2.45. The third-order valence-corrected chi connectivity index (χ3v) is 8.16. The average Bonchev–Trinajstić information content (AvgIpc) is 3.32. The van der Waals surface area contributed by atoms with Crippen molar-refractivity contribution in [2.75, 3.05) is 30.3 Å². The van der Waals surface area contributed by atoms with Crippen LogP contribution in [0.5, 0.6) is 0 Å². The van der Waals surface area contributed by atoms with Crippen LogP contribution < -0.4 is 16.4 Å². The van der Waals surface area contributed by atoms with E-state index in [0.29, 0.717) is 12.5 Å². The van der Waals surface area contributed by atoms with Gasteiger partial charge in [-0.15, -0.1) is 0 Å². The molecular weight excluding hydrogens is 412 g/mol. The third kappa shape index (κ3) is 3.79. The van der Waals surface area contributed by atoms with Crippen molar-refractivity contribution in [3.63, 3.8) is 0 Å². The predicted molar refractivity (Wildman–Crippen MR) is 132 cm³/mol. The van der Waals surface area contributed by atoms with Gasteiger partial charge < -0.3 is 26.4 Å². The number of aliphatic hydroxyl groups excluding tert-OH is 1. The SMILES string of the molecule is Cc1ccc2c(c1)NC(C(C)C)([C@H]1CCN(CC3Cc4ccccc4C3C(N)=O)C[C@@H]1O)N2. The molecule has 33 heavy (non-hydrogen) atoms. The number of nitrogens with zero attached hydrogens (tertiary/aromatic N) is 1.